The molecule has 0 radical (unpaired) electrons. The number of amides is 1. The van der Waals surface area contributed by atoms with E-state index in [9.17, 15) is 14.7 Å². The Kier molecular flexibility index (Phi) is 5.58. The maximum Gasteiger partial charge on any atom is 0.339 e. The summed E-state index contributed by atoms with van der Waals surface area (Å²) in [6, 6.07) is 8.65. The van der Waals surface area contributed by atoms with Gasteiger partial charge in [-0.25, -0.2) is 9.48 Å². The van der Waals surface area contributed by atoms with Gasteiger partial charge in [0.15, 0.2) is 0 Å². The number of aromatic carboxylic acids is 1. The Labute approximate surface area is 162 Å². The molecule has 0 aliphatic rings. The van der Waals surface area contributed by atoms with Crippen molar-refractivity contribution in [3.8, 4) is 5.69 Å². The van der Waals surface area contributed by atoms with E-state index in [0.29, 0.717) is 17.1 Å². The first-order chi connectivity index (χ1) is 13.4. The van der Waals surface area contributed by atoms with E-state index in [-0.39, 0.29) is 17.2 Å². The minimum absolute atomic E-state index is 0.130. The molecule has 2 aromatic heterocycles. The smallest absolute Gasteiger partial charge is 0.339 e. The molecule has 0 atom stereocenters. The van der Waals surface area contributed by atoms with Crippen molar-refractivity contribution >= 4 is 17.6 Å². The first kappa shape index (κ1) is 19.3. The third-order valence-electron chi connectivity index (χ3n) is 4.74. The minimum Gasteiger partial charge on any atom is -0.478 e. The third-order valence-corrected chi connectivity index (χ3v) is 4.74. The number of anilines is 1. The van der Waals surface area contributed by atoms with Crippen LogP contribution < -0.4 is 5.32 Å². The molecule has 2 heterocycles. The molecule has 0 fully saturated rings. The van der Waals surface area contributed by atoms with Crippen LogP contribution in [0.15, 0.2) is 41.1 Å². The third kappa shape index (κ3) is 3.80. The zero-order valence-electron chi connectivity index (χ0n) is 16.0. The van der Waals surface area contributed by atoms with Crippen LogP contribution in [0.4, 0.5) is 5.69 Å². The van der Waals surface area contributed by atoms with E-state index in [1.807, 2.05) is 0 Å². The Bertz CT molecular complexity index is 1000. The number of nitrogens with one attached hydrogen (secondary N) is 1. The highest BCUT2D eigenvalue weighted by atomic mass is 16.5. The zero-order valence-corrected chi connectivity index (χ0v) is 16.0. The van der Waals surface area contributed by atoms with Crippen LogP contribution in [0, 0.1) is 6.92 Å². The van der Waals surface area contributed by atoms with Crippen LogP contribution in [-0.2, 0) is 0 Å². The molecule has 1 aromatic carbocycles. The van der Waals surface area contributed by atoms with Crippen LogP contribution in [0.5, 0.6) is 0 Å². The fraction of sp³-hybridized carbons (Fsp3) is 0.300. The number of carboxylic acids is 1. The molecular formula is C20H22N4O4. The summed E-state index contributed by atoms with van der Waals surface area (Å²) in [6.45, 7) is 5.82. The number of benzene rings is 1. The van der Waals surface area contributed by atoms with Gasteiger partial charge in [-0.15, -0.1) is 0 Å². The lowest BCUT2D eigenvalue weighted by molar-refractivity contribution is 0.0696. The van der Waals surface area contributed by atoms with Gasteiger partial charge in [-0.1, -0.05) is 25.1 Å². The van der Waals surface area contributed by atoms with Crippen molar-refractivity contribution in [3.05, 3.63) is 59.2 Å². The van der Waals surface area contributed by atoms with Crippen LogP contribution in [0.2, 0.25) is 0 Å². The molecule has 0 unspecified atom stereocenters. The molecule has 3 rings (SSSR count). The lowest BCUT2D eigenvalue weighted by Gasteiger charge is -2.08. The minimum atomic E-state index is -1.04. The SMILES string of the molecule is CCC(CC)c1cc(C(=O)Nc2cccc(-n3ncc(C(=O)O)c3C)c2)on1. The van der Waals surface area contributed by atoms with E-state index < -0.39 is 11.9 Å². The number of carbonyl (C=O) groups excluding carboxylic acids is 1. The predicted octanol–water partition coefficient (Wildman–Crippen LogP) is 4.02. The van der Waals surface area contributed by atoms with Gasteiger partial charge < -0.3 is 14.9 Å². The molecule has 0 aliphatic carbocycles. The largest absolute Gasteiger partial charge is 0.478 e. The van der Waals surface area contributed by atoms with Gasteiger partial charge in [0.05, 0.1) is 23.3 Å². The normalized spacial score (nSPS) is 11.0. The quantitative estimate of drug-likeness (QED) is 0.638. The van der Waals surface area contributed by atoms with E-state index in [4.69, 9.17) is 4.52 Å². The zero-order chi connectivity index (χ0) is 20.3. The maximum atomic E-state index is 12.5. The molecule has 8 nitrogen and oxygen atoms in total. The van der Waals surface area contributed by atoms with Crippen LogP contribution >= 0.6 is 0 Å². The molecule has 0 bridgehead atoms. The van der Waals surface area contributed by atoms with Crippen molar-refractivity contribution in [1.29, 1.82) is 0 Å². The van der Waals surface area contributed by atoms with Crippen LogP contribution in [-0.4, -0.2) is 31.9 Å². The van der Waals surface area contributed by atoms with E-state index >= 15 is 0 Å². The van der Waals surface area contributed by atoms with Crippen molar-refractivity contribution < 1.29 is 19.2 Å². The van der Waals surface area contributed by atoms with E-state index in [1.54, 1.807) is 37.3 Å². The highest BCUT2D eigenvalue weighted by Gasteiger charge is 2.18. The number of hydrogen-bond donors (Lipinski definition) is 2. The van der Waals surface area contributed by atoms with Crippen molar-refractivity contribution in [3.63, 3.8) is 0 Å². The monoisotopic (exact) mass is 382 g/mol. The Balaban J connectivity index is 1.80. The molecule has 8 heteroatoms. The summed E-state index contributed by atoms with van der Waals surface area (Å²) in [5.74, 6) is -1.02. The summed E-state index contributed by atoms with van der Waals surface area (Å²) in [6.07, 6.45) is 3.15. The Morgan fingerprint density at radius 2 is 2.00 bits per heavy atom. The number of rotatable bonds is 7. The average molecular weight is 382 g/mol. The average Bonchev–Trinajstić information content (AvgIpc) is 3.30. The summed E-state index contributed by atoms with van der Waals surface area (Å²) in [4.78, 5) is 23.7. The lowest BCUT2D eigenvalue weighted by Crippen LogP contribution is -2.11. The lowest BCUT2D eigenvalue weighted by atomic mass is 9.99. The predicted molar refractivity (Wildman–Crippen MR) is 103 cm³/mol. The molecule has 0 aliphatic heterocycles. The topological polar surface area (TPSA) is 110 Å². The summed E-state index contributed by atoms with van der Waals surface area (Å²) < 4.78 is 6.71. The molecule has 0 saturated carbocycles. The van der Waals surface area contributed by atoms with Gasteiger partial charge in [-0.05, 0) is 38.0 Å². The molecule has 0 spiro atoms. The fourth-order valence-corrected chi connectivity index (χ4v) is 3.08. The Hall–Kier alpha value is -3.42. The van der Waals surface area contributed by atoms with Gasteiger partial charge in [0.25, 0.3) is 5.91 Å². The van der Waals surface area contributed by atoms with Crippen LogP contribution in [0.1, 0.15) is 64.9 Å². The molecule has 0 saturated heterocycles. The highest BCUT2D eigenvalue weighted by molar-refractivity contribution is 6.02. The highest BCUT2D eigenvalue weighted by Crippen LogP contribution is 2.23. The standard InChI is InChI=1S/C20H22N4O4/c1-4-13(5-2)17-10-18(28-23-17)19(25)22-14-7-6-8-15(9-14)24-12(3)16(11-21-24)20(26)27/h6-11,13H,4-5H2,1-3H3,(H,22,25)(H,26,27). The molecule has 146 valence electrons. The van der Waals surface area contributed by atoms with E-state index in [0.717, 1.165) is 18.5 Å². The van der Waals surface area contributed by atoms with Gasteiger partial charge in [-0.3, -0.25) is 4.79 Å². The first-order valence-electron chi connectivity index (χ1n) is 9.10. The van der Waals surface area contributed by atoms with Crippen molar-refractivity contribution in [1.82, 2.24) is 14.9 Å². The number of aromatic nitrogens is 3. The molecule has 2 N–H and O–H groups in total. The van der Waals surface area contributed by atoms with Crippen LogP contribution in [0.3, 0.4) is 0 Å². The number of nitrogens with zero attached hydrogens (tertiary/aromatic N) is 3. The van der Waals surface area contributed by atoms with Crippen LogP contribution in [0.25, 0.3) is 5.69 Å². The Morgan fingerprint density at radius 3 is 2.64 bits per heavy atom. The van der Waals surface area contributed by atoms with Gasteiger partial charge >= 0.3 is 5.97 Å². The van der Waals surface area contributed by atoms with Crippen molar-refractivity contribution in [2.45, 2.75) is 39.5 Å². The van der Waals surface area contributed by atoms with E-state index in [2.05, 4.69) is 29.4 Å². The molecular weight excluding hydrogens is 360 g/mol. The second-order valence-electron chi connectivity index (χ2n) is 6.49. The van der Waals surface area contributed by atoms with Gasteiger partial charge in [0.2, 0.25) is 5.76 Å². The summed E-state index contributed by atoms with van der Waals surface area (Å²) in [5, 5.41) is 20.1. The fourth-order valence-electron chi connectivity index (χ4n) is 3.08. The molecule has 3 aromatic rings. The molecule has 1 amide bonds. The second kappa shape index (κ2) is 8.08. The van der Waals surface area contributed by atoms with Crippen molar-refractivity contribution in [2.75, 3.05) is 5.32 Å². The maximum absolute atomic E-state index is 12.5. The van der Waals surface area contributed by atoms with Crippen molar-refractivity contribution in [2.24, 2.45) is 0 Å². The number of carbonyl (C=O) groups is 2. The second-order valence-corrected chi connectivity index (χ2v) is 6.49. The summed E-state index contributed by atoms with van der Waals surface area (Å²) >= 11 is 0. The van der Waals surface area contributed by atoms with Gasteiger partial charge in [0.1, 0.15) is 5.56 Å². The van der Waals surface area contributed by atoms with E-state index in [1.165, 1.54) is 10.9 Å². The summed E-state index contributed by atoms with van der Waals surface area (Å²) in [5.41, 5.74) is 2.58. The summed E-state index contributed by atoms with van der Waals surface area (Å²) in [7, 11) is 0. The van der Waals surface area contributed by atoms with Gasteiger partial charge in [0, 0.05) is 17.7 Å². The first-order valence-corrected chi connectivity index (χ1v) is 9.10. The number of carboxylic acid groups (broad SMARTS) is 1. The Morgan fingerprint density at radius 1 is 1.25 bits per heavy atom. The molecule has 28 heavy (non-hydrogen) atoms. The number of hydrogen-bond acceptors (Lipinski definition) is 5. The van der Waals surface area contributed by atoms with Gasteiger partial charge in [-0.2, -0.15) is 5.10 Å².